The van der Waals surface area contributed by atoms with Gasteiger partial charge in [0.15, 0.2) is 0 Å². The van der Waals surface area contributed by atoms with E-state index in [4.69, 9.17) is 0 Å². The third-order valence-corrected chi connectivity index (χ3v) is 4.25. The van der Waals surface area contributed by atoms with E-state index in [-0.39, 0.29) is 44.1 Å². The predicted molar refractivity (Wildman–Crippen MR) is 76.4 cm³/mol. The molecular weight excluding hydrogens is 308 g/mol. The summed E-state index contributed by atoms with van der Waals surface area (Å²) in [5.41, 5.74) is 0.179. The van der Waals surface area contributed by atoms with Crippen molar-refractivity contribution in [1.29, 1.82) is 0 Å². The van der Waals surface area contributed by atoms with Gasteiger partial charge in [-0.3, -0.25) is 14.6 Å². The molecule has 0 saturated carbocycles. The van der Waals surface area contributed by atoms with Crippen LogP contribution in [0.2, 0.25) is 0 Å². The molecule has 2 atom stereocenters. The quantitative estimate of drug-likeness (QED) is 0.796. The van der Waals surface area contributed by atoms with Crippen LogP contribution in [0.25, 0.3) is 0 Å². The van der Waals surface area contributed by atoms with Crippen molar-refractivity contribution >= 4 is 11.9 Å². The molecule has 0 bridgehead atoms. The number of aliphatic hydroxyl groups is 1. The molecule has 0 spiro atoms. The van der Waals surface area contributed by atoms with Crippen LogP contribution >= 0.6 is 0 Å². The van der Waals surface area contributed by atoms with Gasteiger partial charge < -0.3 is 10.4 Å². The first-order valence-electron chi connectivity index (χ1n) is 7.41. The number of carbonyl (C=O) groups is 2. The van der Waals surface area contributed by atoms with Crippen LogP contribution in [0, 0.1) is 11.6 Å². The van der Waals surface area contributed by atoms with Crippen molar-refractivity contribution in [2.75, 3.05) is 26.2 Å². The van der Waals surface area contributed by atoms with Crippen LogP contribution in [0.1, 0.15) is 18.0 Å². The zero-order chi connectivity index (χ0) is 16.6. The molecule has 2 fully saturated rings. The predicted octanol–water partition coefficient (Wildman–Crippen LogP) is 0.624. The Morgan fingerprint density at radius 1 is 1.26 bits per heavy atom. The number of hydrogen-bond acceptors (Lipinski definition) is 4. The molecule has 3 rings (SSSR count). The van der Waals surface area contributed by atoms with Crippen molar-refractivity contribution in [3.05, 3.63) is 35.4 Å². The third kappa shape index (κ3) is 3.18. The average molecular weight is 325 g/mol. The van der Waals surface area contributed by atoms with E-state index in [1.807, 2.05) is 0 Å². The van der Waals surface area contributed by atoms with Crippen LogP contribution in [0.4, 0.5) is 13.6 Å². The number of likely N-dealkylation sites (tertiary alicyclic amines) is 1. The third-order valence-electron chi connectivity index (χ3n) is 4.25. The fourth-order valence-corrected chi connectivity index (χ4v) is 3.13. The van der Waals surface area contributed by atoms with Gasteiger partial charge in [-0.1, -0.05) is 0 Å². The minimum absolute atomic E-state index is 0.0244. The number of benzene rings is 1. The number of hydrogen-bond donors (Lipinski definition) is 2. The summed E-state index contributed by atoms with van der Waals surface area (Å²) in [6.07, 6.45) is -0.383. The van der Waals surface area contributed by atoms with E-state index < -0.39 is 29.8 Å². The second kappa shape index (κ2) is 6.21. The van der Waals surface area contributed by atoms with Gasteiger partial charge in [-0.15, -0.1) is 0 Å². The summed E-state index contributed by atoms with van der Waals surface area (Å²) in [6, 6.07) is 2.29. The molecule has 0 aliphatic carbocycles. The van der Waals surface area contributed by atoms with E-state index in [9.17, 15) is 23.5 Å². The first-order chi connectivity index (χ1) is 11.0. The number of rotatable bonds is 4. The summed E-state index contributed by atoms with van der Waals surface area (Å²) >= 11 is 0. The highest BCUT2D eigenvalue weighted by molar-refractivity contribution is 6.01. The Bertz CT molecular complexity index is 624. The lowest BCUT2D eigenvalue weighted by atomic mass is 10.0. The molecule has 2 aliphatic heterocycles. The van der Waals surface area contributed by atoms with E-state index in [1.165, 1.54) is 0 Å². The van der Waals surface area contributed by atoms with Gasteiger partial charge in [-0.2, -0.15) is 0 Å². The summed E-state index contributed by atoms with van der Waals surface area (Å²) in [5, 5.41) is 12.3. The number of β-amino-alcohol motifs (C(OH)–C–C–N with tert-alkyl or cyclic N) is 1. The number of nitrogens with zero attached hydrogens (tertiary/aromatic N) is 2. The molecule has 0 radical (unpaired) electrons. The molecular formula is C15H17F2N3O3. The Labute approximate surface area is 131 Å². The normalized spacial score (nSPS) is 25.3. The molecule has 2 heterocycles. The van der Waals surface area contributed by atoms with Gasteiger partial charge >= 0.3 is 6.03 Å². The van der Waals surface area contributed by atoms with Crippen molar-refractivity contribution in [2.45, 2.75) is 18.6 Å². The molecule has 2 N–H and O–H groups in total. The second-order valence-corrected chi connectivity index (χ2v) is 5.77. The summed E-state index contributed by atoms with van der Waals surface area (Å²) in [4.78, 5) is 25.9. The number of urea groups is 1. The summed E-state index contributed by atoms with van der Waals surface area (Å²) in [5.74, 6) is -1.40. The van der Waals surface area contributed by atoms with E-state index in [2.05, 4.69) is 5.32 Å². The Morgan fingerprint density at radius 2 is 2.04 bits per heavy atom. The van der Waals surface area contributed by atoms with Gasteiger partial charge in [-0.05, 0) is 24.6 Å². The summed E-state index contributed by atoms with van der Waals surface area (Å²) < 4.78 is 27.4. The van der Waals surface area contributed by atoms with E-state index in [1.54, 1.807) is 4.90 Å². The zero-order valence-corrected chi connectivity index (χ0v) is 12.3. The molecule has 3 amide bonds. The average Bonchev–Trinajstić information content (AvgIpc) is 3.03. The summed E-state index contributed by atoms with van der Waals surface area (Å²) in [7, 11) is 0. The van der Waals surface area contributed by atoms with Crippen LogP contribution < -0.4 is 5.32 Å². The fraction of sp³-hybridized carbons (Fsp3) is 0.467. The monoisotopic (exact) mass is 325 g/mol. The largest absolute Gasteiger partial charge is 0.392 e. The van der Waals surface area contributed by atoms with Crippen molar-refractivity contribution in [1.82, 2.24) is 15.1 Å². The standard InChI is InChI=1S/C15H17F2N3O3/c16-9-1-2-12(17)11(5-9)13-6-10(21)8-19(13)3-4-20-14(22)7-18-15(20)23/h1-2,5,10,13,21H,3-4,6-8H2,(H,18,23)/t10-,13+/m1/s1. The Kier molecular flexibility index (Phi) is 4.27. The van der Waals surface area contributed by atoms with Crippen LogP contribution in [0.15, 0.2) is 18.2 Å². The maximum absolute atomic E-state index is 14.0. The molecule has 1 aromatic carbocycles. The van der Waals surface area contributed by atoms with E-state index in [0.29, 0.717) is 0 Å². The minimum Gasteiger partial charge on any atom is -0.392 e. The first-order valence-corrected chi connectivity index (χ1v) is 7.41. The van der Waals surface area contributed by atoms with Crippen molar-refractivity contribution in [3.8, 4) is 0 Å². The molecule has 2 aliphatic rings. The van der Waals surface area contributed by atoms with Crippen molar-refractivity contribution < 1.29 is 23.5 Å². The molecule has 2 saturated heterocycles. The lowest BCUT2D eigenvalue weighted by Gasteiger charge is -2.26. The van der Waals surface area contributed by atoms with Gasteiger partial charge in [0, 0.05) is 31.2 Å². The maximum Gasteiger partial charge on any atom is 0.324 e. The highest BCUT2D eigenvalue weighted by Gasteiger charge is 2.35. The molecule has 8 heteroatoms. The molecule has 23 heavy (non-hydrogen) atoms. The van der Waals surface area contributed by atoms with Crippen molar-refractivity contribution in [2.24, 2.45) is 0 Å². The molecule has 0 unspecified atom stereocenters. The van der Waals surface area contributed by atoms with Gasteiger partial charge in [-0.25, -0.2) is 13.6 Å². The number of carbonyl (C=O) groups excluding carboxylic acids is 2. The van der Waals surface area contributed by atoms with Gasteiger partial charge in [0.2, 0.25) is 5.91 Å². The number of nitrogens with one attached hydrogen (secondary N) is 1. The smallest absolute Gasteiger partial charge is 0.324 e. The van der Waals surface area contributed by atoms with E-state index >= 15 is 0 Å². The zero-order valence-electron chi connectivity index (χ0n) is 12.3. The van der Waals surface area contributed by atoms with Gasteiger partial charge in [0.05, 0.1) is 12.6 Å². The first kappa shape index (κ1) is 15.8. The number of halogens is 2. The van der Waals surface area contributed by atoms with Gasteiger partial charge in [0.1, 0.15) is 11.6 Å². The van der Waals surface area contributed by atoms with Crippen molar-refractivity contribution in [3.63, 3.8) is 0 Å². The molecule has 6 nitrogen and oxygen atoms in total. The van der Waals surface area contributed by atoms with E-state index in [0.717, 1.165) is 23.1 Å². The van der Waals surface area contributed by atoms with Crippen LogP contribution in [-0.4, -0.2) is 59.1 Å². The number of aliphatic hydroxyl groups excluding tert-OH is 1. The Hall–Kier alpha value is -2.06. The topological polar surface area (TPSA) is 72.9 Å². The molecule has 0 aromatic heterocycles. The molecule has 1 aromatic rings. The number of amides is 3. The van der Waals surface area contributed by atoms with Crippen LogP contribution in [0.3, 0.4) is 0 Å². The Balaban J connectivity index is 1.73. The SMILES string of the molecule is O=C1CNC(=O)N1CCN1C[C@H](O)C[C@H]1c1cc(F)ccc1F. The van der Waals surface area contributed by atoms with Crippen LogP contribution in [-0.2, 0) is 4.79 Å². The summed E-state index contributed by atoms with van der Waals surface area (Å²) in [6.45, 7) is 0.690. The number of imide groups is 1. The maximum atomic E-state index is 14.0. The minimum atomic E-state index is -0.661. The van der Waals surface area contributed by atoms with Gasteiger partial charge in [0.25, 0.3) is 0 Å². The highest BCUT2D eigenvalue weighted by atomic mass is 19.1. The lowest BCUT2D eigenvalue weighted by molar-refractivity contribution is -0.125. The lowest BCUT2D eigenvalue weighted by Crippen LogP contribution is -2.39. The highest BCUT2D eigenvalue weighted by Crippen LogP contribution is 2.33. The fourth-order valence-electron chi connectivity index (χ4n) is 3.13. The Morgan fingerprint density at radius 3 is 2.74 bits per heavy atom. The van der Waals surface area contributed by atoms with Crippen LogP contribution in [0.5, 0.6) is 0 Å². The second-order valence-electron chi connectivity index (χ2n) is 5.77. The molecule has 124 valence electrons.